The molecule has 1 heterocycles. The lowest BCUT2D eigenvalue weighted by molar-refractivity contribution is 0.244. The number of rotatable bonds is 5. The molecule has 1 unspecified atom stereocenters. The van der Waals surface area contributed by atoms with Gasteiger partial charge in [-0.2, -0.15) is 0 Å². The second-order valence-electron chi connectivity index (χ2n) is 5.29. The highest BCUT2D eigenvalue weighted by Crippen LogP contribution is 2.26. The predicted molar refractivity (Wildman–Crippen MR) is 88.5 cm³/mol. The molecule has 20 heavy (non-hydrogen) atoms. The van der Waals surface area contributed by atoms with E-state index in [0.717, 1.165) is 10.9 Å². The monoisotopic (exact) mass is 308 g/mol. The molecular formula is C16H21ClN2S. The zero-order valence-corrected chi connectivity index (χ0v) is 13.8. The number of nitrogens with two attached hydrogens (primary N) is 1. The molecule has 0 saturated carbocycles. The van der Waals surface area contributed by atoms with Crippen molar-refractivity contribution >= 4 is 22.9 Å². The van der Waals surface area contributed by atoms with Gasteiger partial charge in [-0.1, -0.05) is 40.9 Å². The van der Waals surface area contributed by atoms with Gasteiger partial charge in [-0.05, 0) is 38.6 Å². The summed E-state index contributed by atoms with van der Waals surface area (Å²) in [5.41, 5.74) is 9.85. The first-order valence-corrected chi connectivity index (χ1v) is 7.91. The predicted octanol–water partition coefficient (Wildman–Crippen LogP) is 4.15. The molecule has 0 aliphatic rings. The molecule has 2 aromatic rings. The minimum absolute atomic E-state index is 0.231. The number of aryl methyl sites for hydroxylation is 2. The van der Waals surface area contributed by atoms with Crippen LogP contribution in [0.25, 0.3) is 0 Å². The summed E-state index contributed by atoms with van der Waals surface area (Å²) >= 11 is 7.62. The fourth-order valence-electron chi connectivity index (χ4n) is 2.57. The van der Waals surface area contributed by atoms with Gasteiger partial charge in [0.05, 0.1) is 4.34 Å². The molecule has 2 rings (SSSR count). The molecule has 2 N–H and O–H groups in total. The quantitative estimate of drug-likeness (QED) is 0.899. The molecule has 0 spiro atoms. The van der Waals surface area contributed by atoms with Crippen molar-refractivity contribution in [2.24, 2.45) is 5.73 Å². The highest BCUT2D eigenvalue weighted by atomic mass is 35.5. The summed E-state index contributed by atoms with van der Waals surface area (Å²) in [6.07, 6.45) is 0. The normalized spacial score (nSPS) is 12.9. The Balaban J connectivity index is 2.18. The zero-order chi connectivity index (χ0) is 14.7. The van der Waals surface area contributed by atoms with E-state index in [4.69, 9.17) is 17.3 Å². The van der Waals surface area contributed by atoms with Crippen molar-refractivity contribution in [3.63, 3.8) is 0 Å². The third-order valence-electron chi connectivity index (χ3n) is 3.42. The van der Waals surface area contributed by atoms with Crippen LogP contribution < -0.4 is 5.73 Å². The summed E-state index contributed by atoms with van der Waals surface area (Å²) in [4.78, 5) is 3.55. The summed E-state index contributed by atoms with van der Waals surface area (Å²) in [5, 5.41) is 0. The third kappa shape index (κ3) is 3.83. The number of hydrogen-bond donors (Lipinski definition) is 1. The van der Waals surface area contributed by atoms with Crippen molar-refractivity contribution in [1.82, 2.24) is 4.90 Å². The van der Waals surface area contributed by atoms with Gasteiger partial charge in [0, 0.05) is 24.0 Å². The number of benzene rings is 1. The van der Waals surface area contributed by atoms with Crippen molar-refractivity contribution in [3.8, 4) is 0 Å². The standard InChI is InChI=1S/C16H21ClN2S/c1-11-6-12(2)8-13(7-11)15(9-18)19(3)10-14-4-5-16(17)20-14/h4-8,15H,9-10,18H2,1-3H3. The van der Waals surface area contributed by atoms with Crippen molar-refractivity contribution in [3.05, 3.63) is 56.2 Å². The first kappa shape index (κ1) is 15.5. The van der Waals surface area contributed by atoms with Crippen molar-refractivity contribution in [2.45, 2.75) is 26.4 Å². The van der Waals surface area contributed by atoms with E-state index in [9.17, 15) is 0 Å². The average molecular weight is 309 g/mol. The lowest BCUT2D eigenvalue weighted by Gasteiger charge is -2.27. The van der Waals surface area contributed by atoms with Crippen LogP contribution in [0.4, 0.5) is 0 Å². The van der Waals surface area contributed by atoms with Gasteiger partial charge in [-0.3, -0.25) is 4.90 Å². The SMILES string of the molecule is Cc1cc(C)cc(C(CN)N(C)Cc2ccc(Cl)s2)c1. The molecule has 1 aromatic heterocycles. The van der Waals surface area contributed by atoms with E-state index in [1.54, 1.807) is 11.3 Å². The largest absolute Gasteiger partial charge is 0.329 e. The van der Waals surface area contributed by atoms with E-state index in [1.807, 2.05) is 6.07 Å². The minimum atomic E-state index is 0.231. The molecular weight excluding hydrogens is 288 g/mol. The Morgan fingerprint density at radius 2 is 1.85 bits per heavy atom. The molecule has 1 atom stereocenters. The van der Waals surface area contributed by atoms with Crippen molar-refractivity contribution < 1.29 is 0 Å². The van der Waals surface area contributed by atoms with E-state index < -0.39 is 0 Å². The van der Waals surface area contributed by atoms with Gasteiger partial charge in [0.25, 0.3) is 0 Å². The zero-order valence-electron chi connectivity index (χ0n) is 12.2. The first-order valence-electron chi connectivity index (χ1n) is 6.72. The van der Waals surface area contributed by atoms with Crippen LogP contribution in [0.15, 0.2) is 30.3 Å². The summed E-state index contributed by atoms with van der Waals surface area (Å²) in [7, 11) is 2.11. The molecule has 0 amide bonds. The van der Waals surface area contributed by atoms with Crippen LogP contribution in [0.5, 0.6) is 0 Å². The molecule has 2 nitrogen and oxygen atoms in total. The molecule has 0 bridgehead atoms. The smallest absolute Gasteiger partial charge is 0.0931 e. The van der Waals surface area contributed by atoms with E-state index in [0.29, 0.717) is 6.54 Å². The Bertz CT molecular complexity index is 559. The maximum absolute atomic E-state index is 6.00. The maximum Gasteiger partial charge on any atom is 0.0931 e. The van der Waals surface area contributed by atoms with E-state index in [-0.39, 0.29) is 6.04 Å². The Morgan fingerprint density at radius 3 is 2.35 bits per heavy atom. The van der Waals surface area contributed by atoms with Crippen molar-refractivity contribution in [1.29, 1.82) is 0 Å². The Morgan fingerprint density at radius 1 is 1.20 bits per heavy atom. The lowest BCUT2D eigenvalue weighted by Crippen LogP contribution is -2.30. The molecule has 4 heteroatoms. The molecule has 0 aliphatic carbocycles. The highest BCUT2D eigenvalue weighted by Gasteiger charge is 2.17. The van der Waals surface area contributed by atoms with Gasteiger partial charge in [-0.15, -0.1) is 11.3 Å². The van der Waals surface area contributed by atoms with Gasteiger partial charge in [0.1, 0.15) is 0 Å². The van der Waals surface area contributed by atoms with Crippen LogP contribution in [0, 0.1) is 13.8 Å². The summed E-state index contributed by atoms with van der Waals surface area (Å²) in [6, 6.07) is 10.9. The molecule has 108 valence electrons. The van der Waals surface area contributed by atoms with Crippen LogP contribution in [-0.4, -0.2) is 18.5 Å². The van der Waals surface area contributed by atoms with Gasteiger partial charge in [0.2, 0.25) is 0 Å². The molecule has 0 fully saturated rings. The second-order valence-corrected chi connectivity index (χ2v) is 7.09. The number of thiophene rings is 1. The third-order valence-corrected chi connectivity index (χ3v) is 4.63. The fourth-order valence-corrected chi connectivity index (χ4v) is 3.72. The molecule has 0 saturated heterocycles. The van der Waals surface area contributed by atoms with Gasteiger partial charge in [0.15, 0.2) is 0 Å². The van der Waals surface area contributed by atoms with E-state index in [1.165, 1.54) is 21.6 Å². The van der Waals surface area contributed by atoms with Crippen LogP contribution in [0.1, 0.15) is 27.6 Å². The van der Waals surface area contributed by atoms with E-state index in [2.05, 4.69) is 50.1 Å². The summed E-state index contributed by atoms with van der Waals surface area (Å²) in [6.45, 7) is 5.73. The topological polar surface area (TPSA) is 29.3 Å². The average Bonchev–Trinajstić information content (AvgIpc) is 2.74. The Hall–Kier alpha value is -0.870. The van der Waals surface area contributed by atoms with Crippen LogP contribution in [-0.2, 0) is 6.54 Å². The molecule has 1 aromatic carbocycles. The van der Waals surface area contributed by atoms with E-state index >= 15 is 0 Å². The minimum Gasteiger partial charge on any atom is -0.329 e. The van der Waals surface area contributed by atoms with Crippen LogP contribution in [0.2, 0.25) is 4.34 Å². The summed E-state index contributed by atoms with van der Waals surface area (Å²) < 4.78 is 0.837. The lowest BCUT2D eigenvalue weighted by atomic mass is 10.0. The van der Waals surface area contributed by atoms with Crippen LogP contribution >= 0.6 is 22.9 Å². The maximum atomic E-state index is 6.00. The van der Waals surface area contributed by atoms with Crippen LogP contribution in [0.3, 0.4) is 0 Å². The molecule has 0 aliphatic heterocycles. The summed E-state index contributed by atoms with van der Waals surface area (Å²) in [5.74, 6) is 0. The number of nitrogens with zero attached hydrogens (tertiary/aromatic N) is 1. The Kier molecular flexibility index (Phi) is 5.22. The first-order chi connectivity index (χ1) is 9.49. The van der Waals surface area contributed by atoms with Gasteiger partial charge >= 0.3 is 0 Å². The second kappa shape index (κ2) is 6.72. The number of halogens is 1. The fraction of sp³-hybridized carbons (Fsp3) is 0.375. The highest BCUT2D eigenvalue weighted by molar-refractivity contribution is 7.16. The van der Waals surface area contributed by atoms with Gasteiger partial charge in [-0.25, -0.2) is 0 Å². The molecule has 0 radical (unpaired) electrons. The number of likely N-dealkylation sites (N-methyl/N-ethyl adjacent to an activating group) is 1. The van der Waals surface area contributed by atoms with Gasteiger partial charge < -0.3 is 5.73 Å². The number of hydrogen-bond acceptors (Lipinski definition) is 3. The van der Waals surface area contributed by atoms with Crippen molar-refractivity contribution in [2.75, 3.05) is 13.6 Å². The Labute approximate surface area is 130 Å².